The van der Waals surface area contributed by atoms with Gasteiger partial charge in [0.1, 0.15) is 11.7 Å². The van der Waals surface area contributed by atoms with Crippen LogP contribution in [0.15, 0.2) is 52.3 Å². The molecule has 0 fully saturated rings. The molecular weight excluding hydrogens is 271 g/mol. The summed E-state index contributed by atoms with van der Waals surface area (Å²) in [7, 11) is 0. The maximum Gasteiger partial charge on any atom is 0.124 e. The zero-order valence-corrected chi connectivity index (χ0v) is 10.9. The van der Waals surface area contributed by atoms with E-state index in [0.29, 0.717) is 10.6 Å². The Balaban J connectivity index is 2.37. The third-order valence-corrected chi connectivity index (χ3v) is 3.56. The van der Waals surface area contributed by atoms with Crippen molar-refractivity contribution in [1.29, 1.82) is 5.41 Å². The number of amidine groups is 1. The Morgan fingerprint density at radius 2 is 2.00 bits per heavy atom. The van der Waals surface area contributed by atoms with Crippen LogP contribution in [0.4, 0.5) is 4.39 Å². The lowest BCUT2D eigenvalue weighted by Gasteiger charge is -2.08. The lowest BCUT2D eigenvalue weighted by Crippen LogP contribution is -2.12. The minimum absolute atomic E-state index is 0.154. The average molecular weight is 281 g/mol. The first-order valence-corrected chi connectivity index (χ1v) is 6.33. The SMILES string of the molecule is N=C(N)c1cc(F)ccc1Sc1cccc(Cl)c1. The van der Waals surface area contributed by atoms with Crippen LogP contribution in [0.5, 0.6) is 0 Å². The highest BCUT2D eigenvalue weighted by Gasteiger charge is 2.08. The molecule has 18 heavy (non-hydrogen) atoms. The van der Waals surface area contributed by atoms with Gasteiger partial charge in [0.15, 0.2) is 0 Å². The van der Waals surface area contributed by atoms with Gasteiger partial charge in [-0.25, -0.2) is 4.39 Å². The molecule has 0 amide bonds. The molecule has 0 aliphatic heterocycles. The molecule has 0 saturated heterocycles. The Labute approximate surface area is 113 Å². The van der Waals surface area contributed by atoms with Crippen LogP contribution in [0.1, 0.15) is 5.56 Å². The van der Waals surface area contributed by atoms with Crippen molar-refractivity contribution in [3.05, 3.63) is 58.9 Å². The number of hydrogen-bond acceptors (Lipinski definition) is 2. The molecule has 3 N–H and O–H groups in total. The molecule has 2 aromatic rings. The van der Waals surface area contributed by atoms with Crippen LogP contribution < -0.4 is 5.73 Å². The first kappa shape index (κ1) is 12.9. The van der Waals surface area contributed by atoms with Gasteiger partial charge in [-0.05, 0) is 36.4 Å². The van der Waals surface area contributed by atoms with Crippen LogP contribution in [-0.4, -0.2) is 5.84 Å². The number of hydrogen-bond donors (Lipinski definition) is 2. The summed E-state index contributed by atoms with van der Waals surface area (Å²) in [6, 6.07) is 11.5. The molecule has 0 heterocycles. The zero-order valence-electron chi connectivity index (χ0n) is 9.28. The van der Waals surface area contributed by atoms with Gasteiger partial charge in [-0.2, -0.15) is 0 Å². The highest BCUT2D eigenvalue weighted by Crippen LogP contribution is 2.32. The van der Waals surface area contributed by atoms with E-state index in [4.69, 9.17) is 22.7 Å². The van der Waals surface area contributed by atoms with E-state index in [1.165, 1.54) is 23.9 Å². The molecule has 0 aliphatic carbocycles. The first-order valence-electron chi connectivity index (χ1n) is 5.13. The van der Waals surface area contributed by atoms with Gasteiger partial charge in [-0.3, -0.25) is 5.41 Å². The number of benzene rings is 2. The summed E-state index contributed by atoms with van der Waals surface area (Å²) in [4.78, 5) is 1.64. The van der Waals surface area contributed by atoms with Crippen LogP contribution >= 0.6 is 23.4 Å². The van der Waals surface area contributed by atoms with Crippen molar-refractivity contribution in [1.82, 2.24) is 0 Å². The minimum atomic E-state index is -0.407. The van der Waals surface area contributed by atoms with Crippen LogP contribution in [0.25, 0.3) is 0 Å². The van der Waals surface area contributed by atoms with E-state index in [-0.39, 0.29) is 5.84 Å². The molecular formula is C13H10ClFN2S. The Hall–Kier alpha value is -1.52. The third-order valence-electron chi connectivity index (χ3n) is 2.26. The van der Waals surface area contributed by atoms with Crippen molar-refractivity contribution < 1.29 is 4.39 Å². The highest BCUT2D eigenvalue weighted by molar-refractivity contribution is 7.99. The van der Waals surface area contributed by atoms with Crippen molar-refractivity contribution in [3.63, 3.8) is 0 Å². The molecule has 0 aromatic heterocycles. The number of rotatable bonds is 3. The number of nitrogens with one attached hydrogen (secondary N) is 1. The summed E-state index contributed by atoms with van der Waals surface area (Å²) >= 11 is 7.29. The zero-order chi connectivity index (χ0) is 13.1. The molecule has 0 radical (unpaired) electrons. The van der Waals surface area contributed by atoms with E-state index >= 15 is 0 Å². The summed E-state index contributed by atoms with van der Waals surface area (Å²) in [6.45, 7) is 0. The van der Waals surface area contributed by atoms with Gasteiger partial charge in [0.25, 0.3) is 0 Å². The van der Waals surface area contributed by atoms with Gasteiger partial charge in [0, 0.05) is 20.4 Å². The van der Waals surface area contributed by atoms with Gasteiger partial charge in [-0.15, -0.1) is 0 Å². The Morgan fingerprint density at radius 3 is 2.67 bits per heavy atom. The average Bonchev–Trinajstić information content (AvgIpc) is 2.31. The first-order chi connectivity index (χ1) is 8.56. The molecule has 0 spiro atoms. The fraction of sp³-hybridized carbons (Fsp3) is 0. The molecule has 2 aromatic carbocycles. The molecule has 0 aliphatic rings. The largest absolute Gasteiger partial charge is 0.384 e. The monoisotopic (exact) mass is 280 g/mol. The predicted molar refractivity (Wildman–Crippen MR) is 73.0 cm³/mol. The van der Waals surface area contributed by atoms with E-state index in [2.05, 4.69) is 0 Å². The second-order valence-electron chi connectivity index (χ2n) is 3.61. The van der Waals surface area contributed by atoms with Crippen molar-refractivity contribution in [2.24, 2.45) is 5.73 Å². The lowest BCUT2D eigenvalue weighted by atomic mass is 10.2. The second kappa shape index (κ2) is 5.42. The lowest BCUT2D eigenvalue weighted by molar-refractivity contribution is 0.626. The van der Waals surface area contributed by atoms with Gasteiger partial charge >= 0.3 is 0 Å². The Morgan fingerprint density at radius 1 is 1.22 bits per heavy atom. The topological polar surface area (TPSA) is 49.9 Å². The molecule has 0 atom stereocenters. The number of nitrogen functional groups attached to an aromatic ring is 1. The second-order valence-corrected chi connectivity index (χ2v) is 5.17. The maximum absolute atomic E-state index is 13.1. The maximum atomic E-state index is 13.1. The smallest absolute Gasteiger partial charge is 0.124 e. The van der Waals surface area contributed by atoms with E-state index < -0.39 is 5.82 Å². The van der Waals surface area contributed by atoms with E-state index in [1.807, 2.05) is 12.1 Å². The molecule has 2 nitrogen and oxygen atoms in total. The summed E-state index contributed by atoms with van der Waals surface area (Å²) in [5, 5.41) is 8.08. The number of halogens is 2. The Bertz CT molecular complexity index is 601. The molecule has 5 heteroatoms. The van der Waals surface area contributed by atoms with Crippen LogP contribution in [0.3, 0.4) is 0 Å². The van der Waals surface area contributed by atoms with E-state index in [0.717, 1.165) is 9.79 Å². The fourth-order valence-electron chi connectivity index (χ4n) is 1.46. The van der Waals surface area contributed by atoms with Crippen molar-refractivity contribution in [2.75, 3.05) is 0 Å². The molecule has 2 rings (SSSR count). The summed E-state index contributed by atoms with van der Waals surface area (Å²) < 4.78 is 13.1. The van der Waals surface area contributed by atoms with Gasteiger partial charge < -0.3 is 5.73 Å². The third kappa shape index (κ3) is 3.03. The van der Waals surface area contributed by atoms with E-state index in [9.17, 15) is 4.39 Å². The summed E-state index contributed by atoms with van der Waals surface area (Å²) in [5.41, 5.74) is 5.83. The van der Waals surface area contributed by atoms with Gasteiger partial charge in [-0.1, -0.05) is 29.4 Å². The summed E-state index contributed by atoms with van der Waals surface area (Å²) in [6.07, 6.45) is 0. The van der Waals surface area contributed by atoms with Gasteiger partial charge in [0.2, 0.25) is 0 Å². The molecule has 0 saturated carbocycles. The quantitative estimate of drug-likeness (QED) is 0.661. The molecule has 0 unspecified atom stereocenters. The fourth-order valence-corrected chi connectivity index (χ4v) is 2.72. The number of nitrogens with two attached hydrogens (primary N) is 1. The Kier molecular flexibility index (Phi) is 3.89. The van der Waals surface area contributed by atoms with Crippen molar-refractivity contribution >= 4 is 29.2 Å². The summed E-state index contributed by atoms with van der Waals surface area (Å²) in [5.74, 6) is -0.560. The minimum Gasteiger partial charge on any atom is -0.384 e. The predicted octanol–water partition coefficient (Wildman–Crippen LogP) is 3.91. The normalized spacial score (nSPS) is 10.3. The van der Waals surface area contributed by atoms with Crippen LogP contribution in [0.2, 0.25) is 5.02 Å². The molecule has 92 valence electrons. The van der Waals surface area contributed by atoms with E-state index in [1.54, 1.807) is 18.2 Å². The molecule has 0 bridgehead atoms. The van der Waals surface area contributed by atoms with Gasteiger partial charge in [0.05, 0.1) is 0 Å². The standard InChI is InChI=1S/C13H10ClFN2S/c14-8-2-1-3-10(6-8)18-12-5-4-9(15)7-11(12)13(16)17/h1-7H,(H3,16,17). The van der Waals surface area contributed by atoms with Crippen LogP contribution in [0, 0.1) is 11.2 Å². The van der Waals surface area contributed by atoms with Crippen molar-refractivity contribution in [2.45, 2.75) is 9.79 Å². The van der Waals surface area contributed by atoms with Crippen LogP contribution in [-0.2, 0) is 0 Å². The van der Waals surface area contributed by atoms with Crippen molar-refractivity contribution in [3.8, 4) is 0 Å². The highest BCUT2D eigenvalue weighted by atomic mass is 35.5.